The van der Waals surface area contributed by atoms with Gasteiger partial charge in [0.2, 0.25) is 0 Å². The van der Waals surface area contributed by atoms with E-state index in [9.17, 15) is 4.79 Å². The number of Topliss-reactive ketones (excluding diaryl/α,β-unsaturated/α-hetero) is 1. The van der Waals surface area contributed by atoms with Gasteiger partial charge in [-0.15, -0.1) is 0 Å². The van der Waals surface area contributed by atoms with Gasteiger partial charge in [0, 0.05) is 0 Å². The van der Waals surface area contributed by atoms with Crippen molar-refractivity contribution in [3.63, 3.8) is 0 Å². The Kier molecular flexibility index (Phi) is 3.13. The van der Waals surface area contributed by atoms with Crippen LogP contribution < -0.4 is 0 Å². The Hall–Kier alpha value is -1.46. The van der Waals surface area contributed by atoms with Crippen LogP contribution in [0.3, 0.4) is 0 Å². The van der Waals surface area contributed by atoms with E-state index < -0.39 is 0 Å². The van der Waals surface area contributed by atoms with Gasteiger partial charge in [-0.3, -0.25) is 4.79 Å². The molecule has 0 aliphatic heterocycles. The molecule has 0 spiro atoms. The number of nitrogens with zero attached hydrogens (tertiary/aromatic N) is 4. The van der Waals surface area contributed by atoms with Gasteiger partial charge in [-0.25, -0.2) is 9.50 Å². The minimum absolute atomic E-state index is 0.0187. The molecule has 0 aliphatic carbocycles. The molecule has 0 amide bonds. The minimum Gasteiger partial charge on any atom is -0.302 e. The molecule has 2 aromatic rings. The molecule has 2 heterocycles. The van der Waals surface area contributed by atoms with E-state index in [-0.39, 0.29) is 5.78 Å². The zero-order chi connectivity index (χ0) is 12.6. The van der Waals surface area contributed by atoms with Crippen molar-refractivity contribution in [2.24, 2.45) is 0 Å². The lowest BCUT2D eigenvalue weighted by atomic mass is 10.2. The topological polar surface area (TPSA) is 50.5 Å². The summed E-state index contributed by atoms with van der Waals surface area (Å²) in [5.74, 6) is -0.0187. The largest absolute Gasteiger partial charge is 0.302 e. The van der Waals surface area contributed by atoms with Crippen LogP contribution in [-0.4, -0.2) is 45.9 Å². The molecule has 17 heavy (non-hydrogen) atoms. The molecule has 0 unspecified atom stereocenters. The number of hydrogen-bond donors (Lipinski definition) is 0. The third-order valence-corrected chi connectivity index (χ3v) is 2.54. The molecule has 0 saturated carbocycles. The van der Waals surface area contributed by atoms with Crippen molar-refractivity contribution in [3.05, 3.63) is 28.7 Å². The van der Waals surface area contributed by atoms with Crippen molar-refractivity contribution in [1.29, 1.82) is 0 Å². The normalized spacial score (nSPS) is 11.4. The van der Waals surface area contributed by atoms with Gasteiger partial charge in [-0.2, -0.15) is 5.10 Å². The van der Waals surface area contributed by atoms with Gasteiger partial charge < -0.3 is 4.90 Å². The molecule has 2 aromatic heterocycles. The van der Waals surface area contributed by atoms with Crippen LogP contribution in [0.25, 0.3) is 5.65 Å². The molecular formula is C11H13ClN4O. The number of rotatable bonds is 3. The number of halogens is 1. The second-order valence-corrected chi connectivity index (χ2v) is 4.52. The molecule has 0 aromatic carbocycles. The summed E-state index contributed by atoms with van der Waals surface area (Å²) in [7, 11) is 3.69. The zero-order valence-electron chi connectivity index (χ0n) is 9.94. The Balaban J connectivity index is 2.55. The summed E-state index contributed by atoms with van der Waals surface area (Å²) in [6, 6.07) is 3.40. The van der Waals surface area contributed by atoms with Crippen molar-refractivity contribution in [1.82, 2.24) is 19.5 Å². The molecule has 6 heteroatoms. The highest BCUT2D eigenvalue weighted by Crippen LogP contribution is 2.14. The number of carbonyl (C=O) groups excluding carboxylic acids is 1. The Morgan fingerprint density at radius 3 is 2.82 bits per heavy atom. The van der Waals surface area contributed by atoms with E-state index >= 15 is 0 Å². The van der Waals surface area contributed by atoms with Crippen molar-refractivity contribution in [2.75, 3.05) is 20.6 Å². The molecule has 0 radical (unpaired) electrons. The molecule has 0 saturated heterocycles. The van der Waals surface area contributed by atoms with Crippen LogP contribution in [-0.2, 0) is 0 Å². The number of carbonyl (C=O) groups is 1. The fourth-order valence-electron chi connectivity index (χ4n) is 1.70. The van der Waals surface area contributed by atoms with E-state index in [0.29, 0.717) is 28.7 Å². The third kappa shape index (κ3) is 2.30. The van der Waals surface area contributed by atoms with Gasteiger partial charge in [0.05, 0.1) is 12.2 Å². The monoisotopic (exact) mass is 252 g/mol. The maximum atomic E-state index is 12.1. The molecule has 5 nitrogen and oxygen atoms in total. The summed E-state index contributed by atoms with van der Waals surface area (Å²) >= 11 is 5.83. The standard InChI is InChI=1S/C11H13ClN4O/c1-7-11(8(17)6-15(2)3)16-10(13-7)5-4-9(12)14-16/h4-5H,6H2,1-3H3. The molecule has 90 valence electrons. The highest BCUT2D eigenvalue weighted by atomic mass is 35.5. The molecule has 0 N–H and O–H groups in total. The lowest BCUT2D eigenvalue weighted by Gasteiger charge is -2.08. The van der Waals surface area contributed by atoms with Gasteiger partial charge in [-0.05, 0) is 33.2 Å². The number of aryl methyl sites for hydroxylation is 1. The van der Waals surface area contributed by atoms with Crippen LogP contribution in [0.4, 0.5) is 0 Å². The zero-order valence-corrected chi connectivity index (χ0v) is 10.7. The average molecular weight is 253 g/mol. The highest BCUT2D eigenvalue weighted by molar-refractivity contribution is 6.29. The second kappa shape index (κ2) is 4.43. The first-order chi connectivity index (χ1) is 7.99. The quantitative estimate of drug-likeness (QED) is 0.776. The molecule has 2 rings (SSSR count). The first-order valence-corrected chi connectivity index (χ1v) is 5.56. The van der Waals surface area contributed by atoms with Crippen molar-refractivity contribution in [2.45, 2.75) is 6.92 Å². The van der Waals surface area contributed by atoms with E-state index in [1.807, 2.05) is 19.0 Å². The van der Waals surface area contributed by atoms with Gasteiger partial charge in [-0.1, -0.05) is 11.6 Å². The van der Waals surface area contributed by atoms with Crippen molar-refractivity contribution < 1.29 is 4.79 Å². The smallest absolute Gasteiger partial charge is 0.197 e. The number of likely N-dealkylation sites (N-methyl/N-ethyl adjacent to an activating group) is 1. The second-order valence-electron chi connectivity index (χ2n) is 4.13. The van der Waals surface area contributed by atoms with Crippen molar-refractivity contribution in [3.8, 4) is 0 Å². The number of ketones is 1. The van der Waals surface area contributed by atoms with E-state index in [1.165, 1.54) is 4.52 Å². The summed E-state index contributed by atoms with van der Waals surface area (Å²) < 4.78 is 1.50. The predicted molar refractivity (Wildman–Crippen MR) is 65.6 cm³/mol. The highest BCUT2D eigenvalue weighted by Gasteiger charge is 2.18. The van der Waals surface area contributed by atoms with E-state index in [2.05, 4.69) is 10.1 Å². The van der Waals surface area contributed by atoms with Gasteiger partial charge in [0.1, 0.15) is 10.8 Å². The fourth-order valence-corrected chi connectivity index (χ4v) is 1.84. The maximum absolute atomic E-state index is 12.1. The van der Waals surface area contributed by atoms with Crippen LogP contribution in [0.15, 0.2) is 12.1 Å². The predicted octanol–water partition coefficient (Wildman–Crippen LogP) is 1.44. The van der Waals surface area contributed by atoms with Crippen molar-refractivity contribution >= 4 is 23.0 Å². The number of fused-ring (bicyclic) bond motifs is 1. The lowest BCUT2D eigenvalue weighted by molar-refractivity contribution is 0.0950. The maximum Gasteiger partial charge on any atom is 0.197 e. The van der Waals surface area contributed by atoms with Crippen LogP contribution in [0, 0.1) is 6.92 Å². The summed E-state index contributed by atoms with van der Waals surface area (Å²) in [4.78, 5) is 18.2. The first-order valence-electron chi connectivity index (χ1n) is 5.19. The van der Waals surface area contributed by atoms with Crippen LogP contribution in [0.2, 0.25) is 5.15 Å². The van der Waals surface area contributed by atoms with Gasteiger partial charge in [0.15, 0.2) is 11.4 Å². The molecule has 0 fully saturated rings. The lowest BCUT2D eigenvalue weighted by Crippen LogP contribution is -2.23. The molecular weight excluding hydrogens is 240 g/mol. The average Bonchev–Trinajstić information content (AvgIpc) is 2.52. The summed E-state index contributed by atoms with van der Waals surface area (Å²) in [5.41, 5.74) is 1.80. The van der Waals surface area contributed by atoms with Crippen LogP contribution in [0.1, 0.15) is 16.2 Å². The number of hydrogen-bond acceptors (Lipinski definition) is 4. The Morgan fingerprint density at radius 2 is 2.18 bits per heavy atom. The first kappa shape index (κ1) is 12.0. The minimum atomic E-state index is -0.0187. The van der Waals surface area contributed by atoms with Crippen LogP contribution >= 0.6 is 11.6 Å². The van der Waals surface area contributed by atoms with E-state index in [1.54, 1.807) is 19.1 Å². The summed E-state index contributed by atoms with van der Waals surface area (Å²) in [5, 5.41) is 4.45. The van der Waals surface area contributed by atoms with Gasteiger partial charge >= 0.3 is 0 Å². The molecule has 0 atom stereocenters. The SMILES string of the molecule is Cc1nc2ccc(Cl)nn2c1C(=O)CN(C)C. The van der Waals surface area contributed by atoms with E-state index in [0.717, 1.165) is 0 Å². The fraction of sp³-hybridized carbons (Fsp3) is 0.364. The Bertz CT molecular complexity index is 576. The van der Waals surface area contributed by atoms with Gasteiger partial charge in [0.25, 0.3) is 0 Å². The third-order valence-electron chi connectivity index (χ3n) is 2.34. The Morgan fingerprint density at radius 1 is 1.47 bits per heavy atom. The number of aromatic nitrogens is 3. The summed E-state index contributed by atoms with van der Waals surface area (Å²) in [6.07, 6.45) is 0. The van der Waals surface area contributed by atoms with E-state index in [4.69, 9.17) is 11.6 Å². The number of imidazole rings is 1. The molecule has 0 bridgehead atoms. The molecule has 0 aliphatic rings. The Labute approximate surface area is 104 Å². The van der Waals surface area contributed by atoms with Crippen LogP contribution in [0.5, 0.6) is 0 Å². The summed E-state index contributed by atoms with van der Waals surface area (Å²) in [6.45, 7) is 2.12.